The van der Waals surface area contributed by atoms with Crippen molar-refractivity contribution in [3.63, 3.8) is 0 Å². The molecular formula is C13H20N2O4S. The predicted molar refractivity (Wildman–Crippen MR) is 76.1 cm³/mol. The molecule has 20 heavy (non-hydrogen) atoms. The minimum atomic E-state index is -3.71. The second-order valence-electron chi connectivity index (χ2n) is 5.02. The van der Waals surface area contributed by atoms with Crippen molar-refractivity contribution in [2.75, 3.05) is 25.9 Å². The van der Waals surface area contributed by atoms with Crippen LogP contribution < -0.4 is 10.5 Å². The Morgan fingerprint density at radius 3 is 2.75 bits per heavy atom. The number of methoxy groups -OCH3 is 1. The number of sulfonamides is 1. The van der Waals surface area contributed by atoms with E-state index in [0.29, 0.717) is 25.1 Å². The quantitative estimate of drug-likeness (QED) is 0.803. The lowest BCUT2D eigenvalue weighted by molar-refractivity contribution is 0.108. The molecule has 0 bridgehead atoms. The number of nitrogen functional groups attached to an aromatic ring is 1. The minimum absolute atomic E-state index is 0.0530. The number of aliphatic hydroxyl groups excluding tert-OH is 1. The van der Waals surface area contributed by atoms with Crippen LogP contribution in [-0.2, 0) is 10.0 Å². The third-order valence-electron chi connectivity index (χ3n) is 3.53. The summed E-state index contributed by atoms with van der Waals surface area (Å²) in [5.74, 6) is 0.275. The zero-order valence-electron chi connectivity index (χ0n) is 11.7. The maximum atomic E-state index is 12.7. The number of anilines is 1. The zero-order chi connectivity index (χ0) is 14.9. The Morgan fingerprint density at radius 1 is 1.45 bits per heavy atom. The molecule has 0 spiro atoms. The van der Waals surface area contributed by atoms with Gasteiger partial charge in [0.15, 0.2) is 0 Å². The van der Waals surface area contributed by atoms with Crippen molar-refractivity contribution in [1.29, 1.82) is 0 Å². The lowest BCUT2D eigenvalue weighted by atomic mass is 10.1. The average molecular weight is 300 g/mol. The summed E-state index contributed by atoms with van der Waals surface area (Å²) in [5.41, 5.74) is 6.98. The average Bonchev–Trinajstić information content (AvgIpc) is 2.41. The van der Waals surface area contributed by atoms with Gasteiger partial charge in [-0.15, -0.1) is 0 Å². The lowest BCUT2D eigenvalue weighted by Gasteiger charge is -2.29. The molecule has 6 nitrogen and oxygen atoms in total. The summed E-state index contributed by atoms with van der Waals surface area (Å²) in [7, 11) is -2.28. The Morgan fingerprint density at radius 2 is 2.15 bits per heavy atom. The van der Waals surface area contributed by atoms with E-state index in [1.165, 1.54) is 17.5 Å². The van der Waals surface area contributed by atoms with Gasteiger partial charge in [-0.1, -0.05) is 0 Å². The van der Waals surface area contributed by atoms with Crippen LogP contribution in [0.4, 0.5) is 5.69 Å². The fourth-order valence-corrected chi connectivity index (χ4v) is 4.01. The van der Waals surface area contributed by atoms with Crippen LogP contribution in [-0.4, -0.2) is 44.1 Å². The highest BCUT2D eigenvalue weighted by molar-refractivity contribution is 7.89. The van der Waals surface area contributed by atoms with E-state index >= 15 is 0 Å². The number of hydrogen-bond donors (Lipinski definition) is 2. The zero-order valence-corrected chi connectivity index (χ0v) is 12.5. The van der Waals surface area contributed by atoms with Gasteiger partial charge in [-0.05, 0) is 37.5 Å². The molecule has 1 fully saturated rings. The van der Waals surface area contributed by atoms with Crippen LogP contribution in [0.1, 0.15) is 18.4 Å². The highest BCUT2D eigenvalue weighted by atomic mass is 32.2. The summed E-state index contributed by atoms with van der Waals surface area (Å²) in [6.07, 6.45) is 0.649. The second-order valence-corrected chi connectivity index (χ2v) is 6.93. The fourth-order valence-electron chi connectivity index (χ4n) is 2.32. The van der Waals surface area contributed by atoms with Crippen LogP contribution in [0.2, 0.25) is 0 Å². The van der Waals surface area contributed by atoms with Gasteiger partial charge in [-0.3, -0.25) is 0 Å². The maximum absolute atomic E-state index is 12.7. The van der Waals surface area contributed by atoms with E-state index in [1.54, 1.807) is 13.0 Å². The molecule has 1 heterocycles. The van der Waals surface area contributed by atoms with Gasteiger partial charge < -0.3 is 15.6 Å². The molecule has 1 unspecified atom stereocenters. The van der Waals surface area contributed by atoms with Crippen molar-refractivity contribution in [1.82, 2.24) is 4.31 Å². The molecule has 1 aromatic carbocycles. The Balaban J connectivity index is 2.46. The molecule has 2 rings (SSSR count). The number of aliphatic hydroxyl groups is 1. The molecule has 0 radical (unpaired) electrons. The molecular weight excluding hydrogens is 280 g/mol. The minimum Gasteiger partial charge on any atom is -0.495 e. The summed E-state index contributed by atoms with van der Waals surface area (Å²) >= 11 is 0. The van der Waals surface area contributed by atoms with E-state index in [9.17, 15) is 13.5 Å². The van der Waals surface area contributed by atoms with Gasteiger partial charge in [0.05, 0.1) is 13.2 Å². The van der Waals surface area contributed by atoms with Gasteiger partial charge in [0.1, 0.15) is 10.6 Å². The molecule has 0 aromatic heterocycles. The van der Waals surface area contributed by atoms with E-state index in [4.69, 9.17) is 10.5 Å². The van der Waals surface area contributed by atoms with Gasteiger partial charge in [-0.25, -0.2) is 8.42 Å². The van der Waals surface area contributed by atoms with Gasteiger partial charge in [0.25, 0.3) is 0 Å². The van der Waals surface area contributed by atoms with E-state index in [-0.39, 0.29) is 17.2 Å². The van der Waals surface area contributed by atoms with Crippen LogP contribution in [0.25, 0.3) is 0 Å². The SMILES string of the molecule is COc1cc(C)c(N)cc1S(=O)(=O)N1CCCC(O)C1. The van der Waals surface area contributed by atoms with Crippen LogP contribution in [0.15, 0.2) is 17.0 Å². The molecule has 0 saturated carbocycles. The fraction of sp³-hybridized carbons (Fsp3) is 0.538. The normalized spacial score (nSPS) is 20.9. The largest absolute Gasteiger partial charge is 0.495 e. The first kappa shape index (κ1) is 15.1. The molecule has 7 heteroatoms. The Hall–Kier alpha value is -1.31. The summed E-state index contributed by atoms with van der Waals surface area (Å²) in [4.78, 5) is 0.0530. The molecule has 3 N–H and O–H groups in total. The maximum Gasteiger partial charge on any atom is 0.246 e. The van der Waals surface area contributed by atoms with Crippen molar-refractivity contribution < 1.29 is 18.3 Å². The van der Waals surface area contributed by atoms with Crippen LogP contribution >= 0.6 is 0 Å². The van der Waals surface area contributed by atoms with Gasteiger partial charge in [-0.2, -0.15) is 4.31 Å². The number of hydrogen-bond acceptors (Lipinski definition) is 5. The Kier molecular flexibility index (Phi) is 4.22. The third kappa shape index (κ3) is 2.74. The lowest BCUT2D eigenvalue weighted by Crippen LogP contribution is -2.42. The van der Waals surface area contributed by atoms with Crippen LogP contribution in [0.5, 0.6) is 5.75 Å². The first-order valence-corrected chi connectivity index (χ1v) is 7.92. The number of ether oxygens (including phenoxy) is 1. The molecule has 1 aliphatic heterocycles. The van der Waals surface area contributed by atoms with Crippen molar-refractivity contribution >= 4 is 15.7 Å². The number of nitrogens with two attached hydrogens (primary N) is 1. The van der Waals surface area contributed by atoms with E-state index in [0.717, 1.165) is 5.56 Å². The number of β-amino-alcohol motifs (C(OH)–C–C–N with tert-alkyl or cyclic N) is 1. The molecule has 0 aliphatic carbocycles. The summed E-state index contributed by atoms with van der Waals surface area (Å²) in [6, 6.07) is 3.03. The number of benzene rings is 1. The monoisotopic (exact) mass is 300 g/mol. The number of rotatable bonds is 3. The number of piperidine rings is 1. The molecule has 1 aliphatic rings. The first-order valence-electron chi connectivity index (χ1n) is 6.48. The van der Waals surface area contributed by atoms with Gasteiger partial charge >= 0.3 is 0 Å². The Labute approximate surface area is 119 Å². The number of nitrogens with zero attached hydrogens (tertiary/aromatic N) is 1. The Bertz CT molecular complexity index is 601. The smallest absolute Gasteiger partial charge is 0.246 e. The van der Waals surface area contributed by atoms with Crippen LogP contribution in [0.3, 0.4) is 0 Å². The summed E-state index contributed by atoms with van der Waals surface area (Å²) in [6.45, 7) is 2.30. The van der Waals surface area contributed by atoms with E-state index < -0.39 is 16.1 Å². The van der Waals surface area contributed by atoms with Crippen molar-refractivity contribution in [2.45, 2.75) is 30.8 Å². The molecule has 112 valence electrons. The molecule has 1 aromatic rings. The molecule has 1 saturated heterocycles. The first-order chi connectivity index (χ1) is 9.36. The summed E-state index contributed by atoms with van der Waals surface area (Å²) < 4.78 is 31.8. The third-order valence-corrected chi connectivity index (χ3v) is 5.42. The van der Waals surface area contributed by atoms with Crippen molar-refractivity contribution in [2.24, 2.45) is 0 Å². The molecule has 0 amide bonds. The molecule has 1 atom stereocenters. The van der Waals surface area contributed by atoms with Crippen LogP contribution in [0, 0.1) is 6.92 Å². The standard InChI is InChI=1S/C13H20N2O4S/c1-9-6-12(19-2)13(7-11(9)14)20(17,18)15-5-3-4-10(16)8-15/h6-7,10,16H,3-5,8,14H2,1-2H3. The summed E-state index contributed by atoms with van der Waals surface area (Å²) in [5, 5.41) is 9.65. The van der Waals surface area contributed by atoms with Gasteiger partial charge in [0.2, 0.25) is 10.0 Å². The van der Waals surface area contributed by atoms with E-state index in [2.05, 4.69) is 0 Å². The van der Waals surface area contributed by atoms with Crippen molar-refractivity contribution in [3.05, 3.63) is 17.7 Å². The number of aryl methyl sites for hydroxylation is 1. The second kappa shape index (κ2) is 5.59. The van der Waals surface area contributed by atoms with Crippen molar-refractivity contribution in [3.8, 4) is 5.75 Å². The topological polar surface area (TPSA) is 92.9 Å². The highest BCUT2D eigenvalue weighted by Gasteiger charge is 2.32. The predicted octanol–water partition coefficient (Wildman–Crippen LogP) is 0.731. The van der Waals surface area contributed by atoms with E-state index in [1.807, 2.05) is 0 Å². The van der Waals surface area contributed by atoms with Gasteiger partial charge in [0, 0.05) is 18.8 Å². The highest BCUT2D eigenvalue weighted by Crippen LogP contribution is 2.32.